The lowest BCUT2D eigenvalue weighted by atomic mass is 10.0. The molecule has 16 heavy (non-hydrogen) atoms. The zero-order valence-corrected chi connectivity index (χ0v) is 11.0. The fourth-order valence-corrected chi connectivity index (χ4v) is 2.62. The summed E-state index contributed by atoms with van der Waals surface area (Å²) in [5.74, 6) is -0.0681. The molecule has 0 aliphatic heterocycles. The minimum absolute atomic E-state index is 0.0681. The van der Waals surface area contributed by atoms with Crippen LogP contribution in [0, 0.1) is 5.41 Å². The van der Waals surface area contributed by atoms with Crippen molar-refractivity contribution in [1.82, 2.24) is 14.9 Å². The van der Waals surface area contributed by atoms with Crippen LogP contribution in [-0.4, -0.2) is 27.3 Å². The summed E-state index contributed by atoms with van der Waals surface area (Å²) < 4.78 is 1.78. The minimum Gasteiger partial charge on any atom is -0.350 e. The van der Waals surface area contributed by atoms with Crippen molar-refractivity contribution < 1.29 is 4.79 Å². The molecule has 2 rings (SSSR count). The molecule has 0 unspecified atom stereocenters. The van der Waals surface area contributed by atoms with E-state index in [1.807, 2.05) is 7.05 Å². The number of aromatic nitrogens is 2. The first-order valence-electron chi connectivity index (χ1n) is 5.47. The molecule has 0 radical (unpaired) electrons. The number of carbonyl (C=O) groups excluding carboxylic acids is 1. The van der Waals surface area contributed by atoms with Crippen LogP contribution in [-0.2, 0) is 7.05 Å². The molecule has 0 bridgehead atoms. The summed E-state index contributed by atoms with van der Waals surface area (Å²) in [6.07, 6.45) is 6.96. The standard InChI is InChI=1S/C11H16BrN3O/c1-15-6-9(14-8-15)10(16)13-7-11(2-3-11)4-5-12/h6,8H,2-5,7H2,1H3,(H,13,16). The number of halogens is 1. The van der Waals surface area contributed by atoms with E-state index < -0.39 is 0 Å². The Morgan fingerprint density at radius 2 is 2.44 bits per heavy atom. The highest BCUT2D eigenvalue weighted by molar-refractivity contribution is 9.09. The van der Waals surface area contributed by atoms with Gasteiger partial charge in [0.15, 0.2) is 0 Å². The molecule has 1 aromatic heterocycles. The smallest absolute Gasteiger partial charge is 0.271 e. The fraction of sp³-hybridized carbons (Fsp3) is 0.636. The Hall–Kier alpha value is -0.840. The van der Waals surface area contributed by atoms with Gasteiger partial charge in [0.05, 0.1) is 6.33 Å². The van der Waals surface area contributed by atoms with Crippen molar-refractivity contribution in [1.29, 1.82) is 0 Å². The second kappa shape index (κ2) is 4.57. The average Bonchev–Trinajstić information content (AvgIpc) is 2.89. The van der Waals surface area contributed by atoms with Gasteiger partial charge in [-0.05, 0) is 24.7 Å². The highest BCUT2D eigenvalue weighted by atomic mass is 79.9. The fourth-order valence-electron chi connectivity index (χ4n) is 1.78. The van der Waals surface area contributed by atoms with Gasteiger partial charge in [0.25, 0.3) is 5.91 Å². The second-order valence-electron chi connectivity index (χ2n) is 4.55. The van der Waals surface area contributed by atoms with Crippen molar-refractivity contribution in [3.8, 4) is 0 Å². The van der Waals surface area contributed by atoms with E-state index in [4.69, 9.17) is 0 Å². The maximum absolute atomic E-state index is 11.7. The number of rotatable bonds is 5. The topological polar surface area (TPSA) is 46.9 Å². The zero-order chi connectivity index (χ0) is 11.6. The van der Waals surface area contributed by atoms with Crippen molar-refractivity contribution in [3.63, 3.8) is 0 Å². The van der Waals surface area contributed by atoms with Crippen LogP contribution < -0.4 is 5.32 Å². The predicted octanol–water partition coefficient (Wildman–Crippen LogP) is 1.72. The first-order valence-corrected chi connectivity index (χ1v) is 6.59. The van der Waals surface area contributed by atoms with Gasteiger partial charge < -0.3 is 9.88 Å². The summed E-state index contributed by atoms with van der Waals surface area (Å²) in [6, 6.07) is 0. The molecule has 1 aliphatic rings. The molecule has 1 aliphatic carbocycles. The largest absolute Gasteiger partial charge is 0.350 e. The average molecular weight is 286 g/mol. The molecule has 1 fully saturated rings. The number of nitrogens with zero attached hydrogens (tertiary/aromatic N) is 2. The van der Waals surface area contributed by atoms with E-state index in [1.54, 1.807) is 17.1 Å². The highest BCUT2D eigenvalue weighted by Gasteiger charge is 2.41. The second-order valence-corrected chi connectivity index (χ2v) is 5.34. The molecule has 0 saturated heterocycles. The Morgan fingerprint density at radius 3 is 2.94 bits per heavy atom. The van der Waals surface area contributed by atoms with E-state index in [0.717, 1.165) is 18.3 Å². The van der Waals surface area contributed by atoms with E-state index in [2.05, 4.69) is 26.2 Å². The van der Waals surface area contributed by atoms with E-state index in [0.29, 0.717) is 11.1 Å². The number of hydrogen-bond acceptors (Lipinski definition) is 2. The number of aryl methyl sites for hydroxylation is 1. The van der Waals surface area contributed by atoms with Crippen LogP contribution in [0.25, 0.3) is 0 Å². The molecular weight excluding hydrogens is 270 g/mol. The molecule has 5 heteroatoms. The molecular formula is C11H16BrN3O. The monoisotopic (exact) mass is 285 g/mol. The van der Waals surface area contributed by atoms with Crippen molar-refractivity contribution in [3.05, 3.63) is 18.2 Å². The lowest BCUT2D eigenvalue weighted by Gasteiger charge is -2.13. The summed E-state index contributed by atoms with van der Waals surface area (Å²) in [5, 5.41) is 3.97. The SMILES string of the molecule is Cn1cnc(C(=O)NCC2(CCBr)CC2)c1. The molecule has 1 N–H and O–H groups in total. The van der Waals surface area contributed by atoms with Gasteiger partial charge in [0.2, 0.25) is 0 Å². The van der Waals surface area contributed by atoms with Crippen molar-refractivity contribution in [2.24, 2.45) is 12.5 Å². The van der Waals surface area contributed by atoms with Crippen LogP contribution >= 0.6 is 15.9 Å². The quantitative estimate of drug-likeness (QED) is 0.838. The molecule has 0 aromatic carbocycles. The first-order chi connectivity index (χ1) is 7.65. The van der Waals surface area contributed by atoms with Gasteiger partial charge in [-0.25, -0.2) is 4.98 Å². The maximum atomic E-state index is 11.7. The molecule has 1 amide bonds. The van der Waals surface area contributed by atoms with E-state index in [9.17, 15) is 4.79 Å². The van der Waals surface area contributed by atoms with Gasteiger partial charge in [0, 0.05) is 25.1 Å². The number of hydrogen-bond donors (Lipinski definition) is 1. The number of amides is 1. The van der Waals surface area contributed by atoms with Gasteiger partial charge in [-0.1, -0.05) is 15.9 Å². The molecule has 0 spiro atoms. The number of alkyl halides is 1. The van der Waals surface area contributed by atoms with Crippen LogP contribution in [0.3, 0.4) is 0 Å². The van der Waals surface area contributed by atoms with Crippen molar-refractivity contribution in [2.75, 3.05) is 11.9 Å². The summed E-state index contributed by atoms with van der Waals surface area (Å²) in [4.78, 5) is 15.8. The van der Waals surface area contributed by atoms with Crippen LogP contribution in [0.1, 0.15) is 29.8 Å². The van der Waals surface area contributed by atoms with Gasteiger partial charge in [0.1, 0.15) is 5.69 Å². The predicted molar refractivity (Wildman–Crippen MR) is 65.6 cm³/mol. The Morgan fingerprint density at radius 1 is 1.69 bits per heavy atom. The Kier molecular flexibility index (Phi) is 3.33. The first kappa shape index (κ1) is 11.6. The summed E-state index contributed by atoms with van der Waals surface area (Å²) in [7, 11) is 1.86. The molecule has 4 nitrogen and oxygen atoms in total. The lowest BCUT2D eigenvalue weighted by Crippen LogP contribution is -2.30. The van der Waals surface area contributed by atoms with E-state index in [1.165, 1.54) is 12.8 Å². The number of nitrogens with one attached hydrogen (secondary N) is 1. The summed E-state index contributed by atoms with van der Waals surface area (Å²) in [5.41, 5.74) is 0.852. The van der Waals surface area contributed by atoms with Crippen molar-refractivity contribution >= 4 is 21.8 Å². The Labute approximate surface area is 104 Å². The van der Waals surface area contributed by atoms with Crippen LogP contribution in [0.15, 0.2) is 12.5 Å². The third kappa shape index (κ3) is 2.64. The van der Waals surface area contributed by atoms with Crippen LogP contribution in [0.4, 0.5) is 0 Å². The van der Waals surface area contributed by atoms with Gasteiger partial charge in [-0.3, -0.25) is 4.79 Å². The van der Waals surface area contributed by atoms with Crippen LogP contribution in [0.2, 0.25) is 0 Å². The van der Waals surface area contributed by atoms with Gasteiger partial charge >= 0.3 is 0 Å². The number of carbonyl (C=O) groups is 1. The molecule has 1 aromatic rings. The molecule has 1 heterocycles. The van der Waals surface area contributed by atoms with Gasteiger partial charge in [-0.15, -0.1) is 0 Å². The Balaban J connectivity index is 1.84. The molecule has 0 atom stereocenters. The Bertz CT molecular complexity index is 384. The number of imidazole rings is 1. The van der Waals surface area contributed by atoms with Crippen molar-refractivity contribution in [2.45, 2.75) is 19.3 Å². The zero-order valence-electron chi connectivity index (χ0n) is 9.37. The normalized spacial score (nSPS) is 17.1. The summed E-state index contributed by atoms with van der Waals surface area (Å²) >= 11 is 3.45. The third-order valence-corrected chi connectivity index (χ3v) is 3.54. The maximum Gasteiger partial charge on any atom is 0.271 e. The lowest BCUT2D eigenvalue weighted by molar-refractivity contribution is 0.0940. The molecule has 1 saturated carbocycles. The van der Waals surface area contributed by atoms with E-state index in [-0.39, 0.29) is 5.91 Å². The minimum atomic E-state index is -0.0681. The van der Waals surface area contributed by atoms with Gasteiger partial charge in [-0.2, -0.15) is 0 Å². The molecule has 88 valence electrons. The highest BCUT2D eigenvalue weighted by Crippen LogP contribution is 2.48. The third-order valence-electron chi connectivity index (χ3n) is 3.14. The summed E-state index contributed by atoms with van der Waals surface area (Å²) in [6.45, 7) is 0.772. The van der Waals surface area contributed by atoms with E-state index >= 15 is 0 Å². The van der Waals surface area contributed by atoms with Crippen LogP contribution in [0.5, 0.6) is 0 Å².